The van der Waals surface area contributed by atoms with Crippen LogP contribution in [0.3, 0.4) is 0 Å². The average molecular weight is 496 g/mol. The van der Waals surface area contributed by atoms with Gasteiger partial charge >= 0.3 is 0 Å². The van der Waals surface area contributed by atoms with Crippen molar-refractivity contribution in [2.45, 2.75) is 38.8 Å². The molecule has 0 aliphatic carbocycles. The highest BCUT2D eigenvalue weighted by molar-refractivity contribution is 9.09. The second kappa shape index (κ2) is 6.53. The monoisotopic (exact) mass is 495 g/mol. The number of benzene rings is 4. The highest BCUT2D eigenvalue weighted by atomic mass is 79.9. The molecule has 0 saturated carbocycles. The Kier molecular flexibility index (Phi) is 4.41. The van der Waals surface area contributed by atoms with E-state index in [1.807, 2.05) is 27.7 Å². The van der Waals surface area contributed by atoms with Crippen LogP contribution in [0.2, 0.25) is 0 Å². The molecule has 5 rings (SSSR count). The van der Waals surface area contributed by atoms with Gasteiger partial charge in [0, 0.05) is 5.33 Å². The van der Waals surface area contributed by atoms with Crippen LogP contribution in [0.1, 0.15) is 33.3 Å². The van der Waals surface area contributed by atoms with Gasteiger partial charge in [-0.3, -0.25) is 0 Å². The first-order valence-electron chi connectivity index (χ1n) is 10.5. The summed E-state index contributed by atoms with van der Waals surface area (Å²) in [5, 5.41) is 7.98. The maximum Gasteiger partial charge on any atom is 0.212 e. The van der Waals surface area contributed by atoms with Crippen LogP contribution in [0, 0.1) is 0 Å². The van der Waals surface area contributed by atoms with Gasteiger partial charge in [-0.1, -0.05) is 70.5 Å². The SMILES string of the molecule is CC1(C)C(CBr)=C(c2ccc3ccc4cccc5ccc2c3c45)C(C)(C)N1S(C)(=O)=O. The van der Waals surface area contributed by atoms with E-state index >= 15 is 0 Å². The zero-order valence-electron chi connectivity index (χ0n) is 18.5. The molecule has 0 N–H and O–H groups in total. The lowest BCUT2D eigenvalue weighted by Crippen LogP contribution is -2.53. The van der Waals surface area contributed by atoms with E-state index in [-0.39, 0.29) is 0 Å². The summed E-state index contributed by atoms with van der Waals surface area (Å²) >= 11 is 3.69. The van der Waals surface area contributed by atoms with Crippen LogP contribution in [0.4, 0.5) is 0 Å². The number of alkyl halides is 1. The van der Waals surface area contributed by atoms with Crippen LogP contribution >= 0.6 is 15.9 Å². The fourth-order valence-electron chi connectivity index (χ4n) is 6.10. The van der Waals surface area contributed by atoms with E-state index in [0.717, 1.165) is 16.7 Å². The maximum atomic E-state index is 12.9. The van der Waals surface area contributed by atoms with Crippen molar-refractivity contribution in [3.63, 3.8) is 0 Å². The predicted molar refractivity (Wildman–Crippen MR) is 136 cm³/mol. The van der Waals surface area contributed by atoms with Gasteiger partial charge in [0.2, 0.25) is 10.0 Å². The van der Waals surface area contributed by atoms with Crippen LogP contribution < -0.4 is 0 Å². The van der Waals surface area contributed by atoms with E-state index in [2.05, 4.69) is 70.5 Å². The first-order chi connectivity index (χ1) is 14.5. The van der Waals surface area contributed by atoms with Gasteiger partial charge in [-0.25, -0.2) is 8.42 Å². The summed E-state index contributed by atoms with van der Waals surface area (Å²) < 4.78 is 27.5. The summed E-state index contributed by atoms with van der Waals surface area (Å²) in [5.74, 6) is 0. The third-order valence-corrected chi connectivity index (χ3v) is 9.07. The second-order valence-electron chi connectivity index (χ2n) is 9.60. The van der Waals surface area contributed by atoms with Crippen molar-refractivity contribution in [3.8, 4) is 0 Å². The molecule has 1 aliphatic heterocycles. The molecule has 1 aliphatic rings. The fraction of sp³-hybridized carbons (Fsp3) is 0.308. The zero-order valence-corrected chi connectivity index (χ0v) is 20.9. The molecule has 3 nitrogen and oxygen atoms in total. The maximum absolute atomic E-state index is 12.9. The molecule has 0 radical (unpaired) electrons. The first-order valence-corrected chi connectivity index (χ1v) is 13.4. The van der Waals surface area contributed by atoms with E-state index in [1.165, 1.54) is 38.6 Å². The minimum atomic E-state index is -3.43. The highest BCUT2D eigenvalue weighted by Crippen LogP contribution is 2.53. The standard InChI is InChI=1S/C26H26BrNO2S/c1-25(2)21(15-27)24(26(3,4)28(25)31(5,29)30)20-14-12-18-10-9-16-7-6-8-17-11-13-19(20)23(18)22(16)17/h6-14H,15H2,1-5H3. The fourth-order valence-corrected chi connectivity index (χ4v) is 8.93. The Morgan fingerprint density at radius 3 is 1.94 bits per heavy atom. The van der Waals surface area contributed by atoms with Crippen molar-refractivity contribution in [3.05, 3.63) is 65.7 Å². The summed E-state index contributed by atoms with van der Waals surface area (Å²) in [6.07, 6.45) is 1.31. The Morgan fingerprint density at radius 1 is 0.806 bits per heavy atom. The topological polar surface area (TPSA) is 37.4 Å². The first kappa shape index (κ1) is 20.9. The van der Waals surface area contributed by atoms with E-state index in [1.54, 1.807) is 4.31 Å². The van der Waals surface area contributed by atoms with Gasteiger partial charge in [0.1, 0.15) is 0 Å². The Morgan fingerprint density at radius 2 is 1.35 bits per heavy atom. The number of hydrogen-bond donors (Lipinski definition) is 0. The largest absolute Gasteiger partial charge is 0.212 e. The molecule has 0 fully saturated rings. The number of nitrogens with zero attached hydrogens (tertiary/aromatic N) is 1. The third-order valence-electron chi connectivity index (χ3n) is 6.93. The Labute approximate surface area is 192 Å². The third kappa shape index (κ3) is 2.76. The molecule has 0 aromatic heterocycles. The quantitative estimate of drug-likeness (QED) is 0.238. The van der Waals surface area contributed by atoms with Crippen molar-refractivity contribution in [2.75, 3.05) is 11.6 Å². The van der Waals surface area contributed by atoms with Crippen LogP contribution in [0.5, 0.6) is 0 Å². The summed E-state index contributed by atoms with van der Waals surface area (Å²) in [5.41, 5.74) is 2.02. The highest BCUT2D eigenvalue weighted by Gasteiger charge is 2.55. The summed E-state index contributed by atoms with van der Waals surface area (Å²) in [6, 6.07) is 19.5. The molecule has 0 atom stereocenters. The smallest absolute Gasteiger partial charge is 0.212 e. The summed E-state index contributed by atoms with van der Waals surface area (Å²) in [6.45, 7) is 8.07. The molecule has 0 unspecified atom stereocenters. The number of rotatable bonds is 3. The van der Waals surface area contributed by atoms with Crippen LogP contribution in [-0.4, -0.2) is 35.4 Å². The minimum Gasteiger partial charge on any atom is -0.212 e. The van der Waals surface area contributed by atoms with E-state index < -0.39 is 21.1 Å². The molecular weight excluding hydrogens is 470 g/mol. The average Bonchev–Trinajstić information content (AvgIpc) is 2.85. The van der Waals surface area contributed by atoms with Gasteiger partial charge in [-0.05, 0) is 76.7 Å². The van der Waals surface area contributed by atoms with Crippen LogP contribution in [-0.2, 0) is 10.0 Å². The summed E-state index contributed by atoms with van der Waals surface area (Å²) in [4.78, 5) is 0. The molecule has 160 valence electrons. The molecule has 0 amide bonds. The molecule has 31 heavy (non-hydrogen) atoms. The normalized spacial score (nSPS) is 19.3. The number of halogens is 1. The Hall–Kier alpha value is -1.95. The van der Waals surface area contributed by atoms with Gasteiger partial charge in [0.25, 0.3) is 0 Å². The van der Waals surface area contributed by atoms with E-state index in [9.17, 15) is 8.42 Å². The van der Waals surface area contributed by atoms with Crippen molar-refractivity contribution in [2.24, 2.45) is 0 Å². The van der Waals surface area contributed by atoms with Gasteiger partial charge in [-0.2, -0.15) is 4.31 Å². The predicted octanol–water partition coefficient (Wildman–Crippen LogP) is 6.56. The van der Waals surface area contributed by atoms with Crippen molar-refractivity contribution in [1.29, 1.82) is 0 Å². The molecule has 0 spiro atoms. The van der Waals surface area contributed by atoms with E-state index in [0.29, 0.717) is 5.33 Å². The number of sulfonamides is 1. The van der Waals surface area contributed by atoms with Crippen LogP contribution in [0.25, 0.3) is 37.9 Å². The minimum absolute atomic E-state index is 0.618. The zero-order chi connectivity index (χ0) is 22.3. The second-order valence-corrected chi connectivity index (χ2v) is 12.0. The van der Waals surface area contributed by atoms with Crippen LogP contribution in [0.15, 0.2) is 60.2 Å². The molecule has 4 aromatic rings. The lowest BCUT2D eigenvalue weighted by Gasteiger charge is -2.40. The van der Waals surface area contributed by atoms with Gasteiger partial charge in [0.15, 0.2) is 0 Å². The molecule has 5 heteroatoms. The van der Waals surface area contributed by atoms with Gasteiger partial charge < -0.3 is 0 Å². The van der Waals surface area contributed by atoms with E-state index in [4.69, 9.17) is 0 Å². The molecular formula is C26H26BrNO2S. The Bertz CT molecular complexity index is 1480. The lowest BCUT2D eigenvalue weighted by molar-refractivity contribution is 0.210. The van der Waals surface area contributed by atoms with Gasteiger partial charge in [-0.15, -0.1) is 0 Å². The molecule has 4 aromatic carbocycles. The molecule has 0 bridgehead atoms. The van der Waals surface area contributed by atoms with Gasteiger partial charge in [0.05, 0.1) is 17.3 Å². The van der Waals surface area contributed by atoms with Crippen molar-refractivity contribution < 1.29 is 8.42 Å². The number of hydrogen-bond acceptors (Lipinski definition) is 2. The lowest BCUT2D eigenvalue weighted by atomic mass is 9.82. The van der Waals surface area contributed by atoms with Crippen molar-refractivity contribution in [1.82, 2.24) is 4.31 Å². The summed E-state index contributed by atoms with van der Waals surface area (Å²) in [7, 11) is -3.43. The Balaban J connectivity index is 1.93. The van der Waals surface area contributed by atoms with Crippen molar-refractivity contribution >= 4 is 63.8 Å². The molecule has 1 heterocycles. The molecule has 0 saturated heterocycles.